The van der Waals surface area contributed by atoms with Crippen LogP contribution in [-0.2, 0) is 6.54 Å². The highest BCUT2D eigenvalue weighted by Crippen LogP contribution is 2.31. The van der Waals surface area contributed by atoms with Crippen molar-refractivity contribution in [1.29, 1.82) is 0 Å². The van der Waals surface area contributed by atoms with Gasteiger partial charge in [-0.3, -0.25) is 4.79 Å². The molecule has 26 heavy (non-hydrogen) atoms. The van der Waals surface area contributed by atoms with E-state index in [0.717, 1.165) is 32.7 Å². The van der Waals surface area contributed by atoms with E-state index in [0.29, 0.717) is 11.4 Å². The average Bonchev–Trinajstić information content (AvgIpc) is 3.22. The molecule has 2 aromatic heterocycles. The molecule has 0 unspecified atom stereocenters. The average molecular weight is 361 g/mol. The van der Waals surface area contributed by atoms with Crippen LogP contribution in [0.1, 0.15) is 26.5 Å². The van der Waals surface area contributed by atoms with Crippen LogP contribution in [0.15, 0.2) is 60.7 Å². The molecule has 0 fully saturated rings. The Hall–Kier alpha value is -2.92. The molecule has 0 spiro atoms. The van der Waals surface area contributed by atoms with E-state index in [1.54, 1.807) is 0 Å². The van der Waals surface area contributed by atoms with Gasteiger partial charge in [0.1, 0.15) is 4.83 Å². The topological polar surface area (TPSA) is 46.9 Å². The lowest BCUT2D eigenvalue weighted by Crippen LogP contribution is -2.21. The largest absolute Gasteiger partial charge is 0.347 e. The number of fused-ring (bicyclic) bond motifs is 1. The van der Waals surface area contributed by atoms with E-state index in [2.05, 4.69) is 29.5 Å². The van der Waals surface area contributed by atoms with Crippen LogP contribution in [0.3, 0.4) is 0 Å². The van der Waals surface area contributed by atoms with E-state index in [1.165, 1.54) is 11.3 Å². The Bertz CT molecular complexity index is 1080. The monoisotopic (exact) mass is 361 g/mol. The van der Waals surface area contributed by atoms with Crippen LogP contribution in [0.25, 0.3) is 15.9 Å². The van der Waals surface area contributed by atoms with Crippen LogP contribution >= 0.6 is 11.3 Å². The standard InChI is InChI=1S/C21H19N3OS/c1-14-8-6-7-11-18(14)24-21-17(15(2)23-24)12-19(26-21)20(25)22-13-16-9-4-3-5-10-16/h3-12H,13H2,1-2H3,(H,22,25). The zero-order valence-corrected chi connectivity index (χ0v) is 15.5. The van der Waals surface area contributed by atoms with Gasteiger partial charge in [-0.05, 0) is 37.1 Å². The summed E-state index contributed by atoms with van der Waals surface area (Å²) in [6.45, 7) is 4.57. The second kappa shape index (κ2) is 6.77. The third-order valence-electron chi connectivity index (χ3n) is 4.41. The lowest BCUT2D eigenvalue weighted by molar-refractivity contribution is 0.0955. The summed E-state index contributed by atoms with van der Waals surface area (Å²) >= 11 is 1.48. The van der Waals surface area contributed by atoms with Gasteiger partial charge in [0.05, 0.1) is 16.3 Å². The molecule has 4 aromatic rings. The van der Waals surface area contributed by atoms with Crippen molar-refractivity contribution in [3.8, 4) is 5.69 Å². The van der Waals surface area contributed by atoms with E-state index in [4.69, 9.17) is 0 Å². The normalized spacial score (nSPS) is 11.0. The number of nitrogens with one attached hydrogen (secondary N) is 1. The fourth-order valence-corrected chi connectivity index (χ4v) is 4.08. The maximum atomic E-state index is 12.6. The Kier molecular flexibility index (Phi) is 4.31. The predicted molar refractivity (Wildman–Crippen MR) is 106 cm³/mol. The first-order chi connectivity index (χ1) is 12.6. The van der Waals surface area contributed by atoms with Gasteiger partial charge in [0.2, 0.25) is 0 Å². The summed E-state index contributed by atoms with van der Waals surface area (Å²) in [6, 6.07) is 20.0. The van der Waals surface area contributed by atoms with E-state index in [9.17, 15) is 4.79 Å². The molecule has 1 amide bonds. The molecule has 0 saturated heterocycles. The van der Waals surface area contributed by atoms with E-state index < -0.39 is 0 Å². The smallest absolute Gasteiger partial charge is 0.261 e. The summed E-state index contributed by atoms with van der Waals surface area (Å²) in [6.07, 6.45) is 0. The Morgan fingerprint density at radius 2 is 1.81 bits per heavy atom. The van der Waals surface area contributed by atoms with Crippen LogP contribution in [0.4, 0.5) is 0 Å². The summed E-state index contributed by atoms with van der Waals surface area (Å²) < 4.78 is 1.94. The van der Waals surface area contributed by atoms with E-state index in [1.807, 2.05) is 60.1 Å². The van der Waals surface area contributed by atoms with Crippen molar-refractivity contribution in [2.45, 2.75) is 20.4 Å². The first-order valence-corrected chi connectivity index (χ1v) is 9.32. The molecule has 0 atom stereocenters. The Morgan fingerprint density at radius 1 is 1.08 bits per heavy atom. The lowest BCUT2D eigenvalue weighted by Gasteiger charge is -2.06. The molecule has 0 aliphatic carbocycles. The van der Waals surface area contributed by atoms with Crippen molar-refractivity contribution in [3.63, 3.8) is 0 Å². The molecule has 130 valence electrons. The van der Waals surface area contributed by atoms with Crippen molar-refractivity contribution in [3.05, 3.63) is 82.4 Å². The minimum atomic E-state index is -0.0502. The molecular weight excluding hydrogens is 342 g/mol. The molecule has 1 N–H and O–H groups in total. The number of hydrogen-bond acceptors (Lipinski definition) is 3. The highest BCUT2D eigenvalue weighted by Gasteiger charge is 2.17. The summed E-state index contributed by atoms with van der Waals surface area (Å²) in [5.74, 6) is -0.0502. The summed E-state index contributed by atoms with van der Waals surface area (Å²) in [5, 5.41) is 8.70. The lowest BCUT2D eigenvalue weighted by atomic mass is 10.2. The molecule has 0 radical (unpaired) electrons. The first-order valence-electron chi connectivity index (χ1n) is 8.51. The summed E-state index contributed by atoms with van der Waals surface area (Å²) in [5.41, 5.74) is 4.22. The van der Waals surface area contributed by atoms with Crippen LogP contribution in [0.5, 0.6) is 0 Å². The second-order valence-electron chi connectivity index (χ2n) is 6.28. The maximum Gasteiger partial charge on any atom is 0.261 e. The quantitative estimate of drug-likeness (QED) is 0.576. The Balaban J connectivity index is 1.65. The zero-order valence-electron chi connectivity index (χ0n) is 14.7. The minimum Gasteiger partial charge on any atom is -0.347 e. The van der Waals surface area contributed by atoms with Gasteiger partial charge in [-0.1, -0.05) is 48.5 Å². The number of carbonyl (C=O) groups is 1. The molecule has 0 aliphatic heterocycles. The van der Waals surface area contributed by atoms with Gasteiger partial charge in [-0.2, -0.15) is 5.10 Å². The second-order valence-corrected chi connectivity index (χ2v) is 7.31. The van der Waals surface area contributed by atoms with Gasteiger partial charge in [0.25, 0.3) is 5.91 Å². The minimum absolute atomic E-state index is 0.0502. The summed E-state index contributed by atoms with van der Waals surface area (Å²) in [4.78, 5) is 14.3. The van der Waals surface area contributed by atoms with Crippen LogP contribution in [0, 0.1) is 13.8 Å². The molecule has 2 aromatic carbocycles. The first kappa shape index (κ1) is 16.5. The number of aryl methyl sites for hydroxylation is 2. The van der Waals surface area contributed by atoms with Crippen molar-refractivity contribution >= 4 is 27.5 Å². The van der Waals surface area contributed by atoms with Crippen molar-refractivity contribution in [1.82, 2.24) is 15.1 Å². The van der Waals surface area contributed by atoms with Crippen LogP contribution in [0.2, 0.25) is 0 Å². The molecule has 0 aliphatic rings. The number of benzene rings is 2. The molecular formula is C21H19N3OS. The van der Waals surface area contributed by atoms with Crippen LogP contribution in [-0.4, -0.2) is 15.7 Å². The zero-order chi connectivity index (χ0) is 18.1. The van der Waals surface area contributed by atoms with E-state index >= 15 is 0 Å². The van der Waals surface area contributed by atoms with Crippen molar-refractivity contribution < 1.29 is 4.79 Å². The highest BCUT2D eigenvalue weighted by molar-refractivity contribution is 7.20. The number of hydrogen-bond donors (Lipinski definition) is 1. The van der Waals surface area contributed by atoms with Gasteiger partial charge in [0, 0.05) is 11.9 Å². The van der Waals surface area contributed by atoms with Crippen molar-refractivity contribution in [2.24, 2.45) is 0 Å². The molecule has 4 rings (SSSR count). The van der Waals surface area contributed by atoms with Gasteiger partial charge in [-0.15, -0.1) is 11.3 Å². The number of nitrogens with zero attached hydrogens (tertiary/aromatic N) is 2. The van der Waals surface area contributed by atoms with E-state index in [-0.39, 0.29) is 5.91 Å². The number of thiophene rings is 1. The fourth-order valence-electron chi connectivity index (χ4n) is 2.99. The highest BCUT2D eigenvalue weighted by atomic mass is 32.1. The van der Waals surface area contributed by atoms with Gasteiger partial charge < -0.3 is 5.32 Å². The summed E-state index contributed by atoms with van der Waals surface area (Å²) in [7, 11) is 0. The fraction of sp³-hybridized carbons (Fsp3) is 0.143. The predicted octanol–water partition coefficient (Wildman–Crippen LogP) is 4.63. The van der Waals surface area contributed by atoms with Gasteiger partial charge >= 0.3 is 0 Å². The number of para-hydroxylation sites is 1. The molecule has 0 saturated carbocycles. The third kappa shape index (κ3) is 3.02. The molecule has 5 heteroatoms. The van der Waals surface area contributed by atoms with Gasteiger partial charge in [0.15, 0.2) is 0 Å². The van der Waals surface area contributed by atoms with Crippen LogP contribution < -0.4 is 5.32 Å². The Morgan fingerprint density at radius 3 is 2.58 bits per heavy atom. The molecule has 0 bridgehead atoms. The third-order valence-corrected chi connectivity index (χ3v) is 5.52. The molecule has 2 heterocycles. The van der Waals surface area contributed by atoms with Gasteiger partial charge in [-0.25, -0.2) is 4.68 Å². The molecule has 4 nitrogen and oxygen atoms in total. The van der Waals surface area contributed by atoms with Crippen molar-refractivity contribution in [2.75, 3.05) is 0 Å². The number of aromatic nitrogens is 2. The number of amides is 1. The maximum absolute atomic E-state index is 12.6. The number of rotatable bonds is 4. The number of carbonyl (C=O) groups excluding carboxylic acids is 1. The SMILES string of the molecule is Cc1ccccc1-n1nc(C)c2cc(C(=O)NCc3ccccc3)sc21. The Labute approximate surface area is 156 Å².